The Labute approximate surface area is 194 Å². The van der Waals surface area contributed by atoms with Gasteiger partial charge in [0.1, 0.15) is 5.76 Å². The second kappa shape index (κ2) is 11.8. The van der Waals surface area contributed by atoms with E-state index in [1.54, 1.807) is 29.2 Å². The van der Waals surface area contributed by atoms with E-state index >= 15 is 0 Å². The van der Waals surface area contributed by atoms with Crippen LogP contribution in [0.15, 0.2) is 58.1 Å². The largest absolute Gasteiger partial charge is 0.468 e. The van der Waals surface area contributed by atoms with Crippen molar-refractivity contribution in [3.05, 3.63) is 60.1 Å². The van der Waals surface area contributed by atoms with Crippen molar-refractivity contribution in [3.63, 3.8) is 0 Å². The van der Waals surface area contributed by atoms with E-state index in [2.05, 4.69) is 4.72 Å². The molecule has 0 unspecified atom stereocenters. The minimum atomic E-state index is -3.69. The normalized spacial score (nSPS) is 14.9. The van der Waals surface area contributed by atoms with E-state index in [4.69, 9.17) is 9.15 Å². The molecule has 1 aliphatic rings. The maximum absolute atomic E-state index is 12.5. The summed E-state index contributed by atoms with van der Waals surface area (Å²) in [6.45, 7) is 2.30. The van der Waals surface area contributed by atoms with Crippen molar-refractivity contribution in [2.45, 2.75) is 56.5 Å². The molecule has 9 heteroatoms. The second-order valence-electron chi connectivity index (χ2n) is 7.89. The molecule has 1 fully saturated rings. The molecular weight excluding hydrogens is 444 g/mol. The van der Waals surface area contributed by atoms with Crippen molar-refractivity contribution in [3.8, 4) is 0 Å². The Bertz CT molecular complexity index is 1040. The highest BCUT2D eigenvalue weighted by Crippen LogP contribution is 2.22. The predicted octanol–water partition coefficient (Wildman–Crippen LogP) is 3.50. The number of nitrogens with zero attached hydrogens (tertiary/aromatic N) is 1. The van der Waals surface area contributed by atoms with E-state index in [1.807, 2.05) is 6.92 Å². The molecule has 0 spiro atoms. The van der Waals surface area contributed by atoms with Gasteiger partial charge in [0.15, 0.2) is 6.61 Å². The zero-order valence-electron chi connectivity index (χ0n) is 18.7. The van der Waals surface area contributed by atoms with Gasteiger partial charge >= 0.3 is 5.97 Å². The monoisotopic (exact) mass is 474 g/mol. The van der Waals surface area contributed by atoms with Gasteiger partial charge in [0.05, 0.1) is 17.7 Å². The Kier molecular flexibility index (Phi) is 8.85. The zero-order chi connectivity index (χ0) is 23.7. The van der Waals surface area contributed by atoms with Gasteiger partial charge in [-0.2, -0.15) is 0 Å². The molecule has 0 radical (unpaired) electrons. The highest BCUT2D eigenvalue weighted by molar-refractivity contribution is 7.89. The van der Waals surface area contributed by atoms with Crippen molar-refractivity contribution in [2.75, 3.05) is 13.2 Å². The van der Waals surface area contributed by atoms with Crippen LogP contribution in [0.5, 0.6) is 0 Å². The number of furan rings is 1. The summed E-state index contributed by atoms with van der Waals surface area (Å²) in [5, 5.41) is 0. The van der Waals surface area contributed by atoms with Gasteiger partial charge in [0.25, 0.3) is 5.91 Å². The van der Waals surface area contributed by atoms with Crippen molar-refractivity contribution in [1.29, 1.82) is 0 Å². The summed E-state index contributed by atoms with van der Waals surface area (Å²) >= 11 is 0. The highest BCUT2D eigenvalue weighted by Gasteiger charge is 2.24. The van der Waals surface area contributed by atoms with E-state index in [0.717, 1.165) is 25.7 Å². The molecule has 1 aliphatic carbocycles. The van der Waals surface area contributed by atoms with E-state index in [0.29, 0.717) is 17.9 Å². The molecule has 8 nitrogen and oxygen atoms in total. The quantitative estimate of drug-likeness (QED) is 0.417. The third kappa shape index (κ3) is 7.30. The van der Waals surface area contributed by atoms with Crippen LogP contribution >= 0.6 is 0 Å². The lowest BCUT2D eigenvalue weighted by molar-refractivity contribution is -0.149. The minimum absolute atomic E-state index is 0.0533. The van der Waals surface area contributed by atoms with Crippen molar-refractivity contribution >= 4 is 28.0 Å². The molecule has 1 amide bonds. The Hall–Kier alpha value is -2.91. The summed E-state index contributed by atoms with van der Waals surface area (Å²) in [6, 6.07) is 9.65. The first-order chi connectivity index (χ1) is 15.9. The minimum Gasteiger partial charge on any atom is -0.468 e. The molecule has 3 rings (SSSR count). The van der Waals surface area contributed by atoms with Crippen molar-refractivity contribution in [2.24, 2.45) is 0 Å². The van der Waals surface area contributed by atoms with Crippen LogP contribution < -0.4 is 4.72 Å². The van der Waals surface area contributed by atoms with Crippen LogP contribution in [0.2, 0.25) is 0 Å². The molecule has 2 aromatic rings. The van der Waals surface area contributed by atoms with E-state index < -0.39 is 16.0 Å². The molecule has 1 aromatic heterocycles. The number of carbonyl (C=O) groups is 2. The van der Waals surface area contributed by atoms with Crippen LogP contribution in [0.25, 0.3) is 6.08 Å². The number of hydrogen-bond acceptors (Lipinski definition) is 6. The average Bonchev–Trinajstić information content (AvgIpc) is 3.35. The van der Waals surface area contributed by atoms with Crippen LogP contribution in [-0.2, 0) is 30.9 Å². The summed E-state index contributed by atoms with van der Waals surface area (Å²) in [4.78, 5) is 26.4. The molecule has 0 saturated heterocycles. The molecule has 1 N–H and O–H groups in total. The smallest absolute Gasteiger partial charge is 0.331 e. The summed E-state index contributed by atoms with van der Waals surface area (Å²) in [7, 11) is -3.69. The molecule has 1 heterocycles. The molecule has 178 valence electrons. The first-order valence-corrected chi connectivity index (χ1v) is 12.6. The number of amides is 1. The fraction of sp³-hybridized carbons (Fsp3) is 0.417. The van der Waals surface area contributed by atoms with Gasteiger partial charge in [-0.15, -0.1) is 0 Å². The number of carbonyl (C=O) groups excluding carboxylic acids is 2. The van der Waals surface area contributed by atoms with E-state index in [9.17, 15) is 18.0 Å². The number of esters is 1. The van der Waals surface area contributed by atoms with Gasteiger partial charge in [0.2, 0.25) is 10.0 Å². The number of likely N-dealkylation sites (N-methyl/N-ethyl adjacent to an activating group) is 1. The molecular formula is C24H30N2O6S. The topological polar surface area (TPSA) is 106 Å². The lowest BCUT2D eigenvalue weighted by Crippen LogP contribution is -2.43. The summed E-state index contributed by atoms with van der Waals surface area (Å²) < 4.78 is 37.4. The SMILES string of the molecule is CCN(C(=O)COC(=O)/C=C/c1ccc(S(=O)(=O)NCc2ccco2)cc1)C1CCCCC1. The first kappa shape index (κ1) is 24.7. The standard InChI is InChI=1S/C24H30N2O6S/c1-2-26(20-7-4-3-5-8-20)23(27)18-32-24(28)15-12-19-10-13-22(14-11-19)33(29,30)25-17-21-9-6-16-31-21/h6,9-16,20,25H,2-5,7-8,17-18H2,1H3/b15-12+. The number of ether oxygens (including phenoxy) is 1. The van der Waals surface area contributed by atoms with E-state index in [-0.39, 0.29) is 30.0 Å². The maximum Gasteiger partial charge on any atom is 0.331 e. The van der Waals surface area contributed by atoms with Gasteiger partial charge in [-0.3, -0.25) is 4.79 Å². The fourth-order valence-electron chi connectivity index (χ4n) is 3.88. The molecule has 0 bridgehead atoms. The molecule has 0 atom stereocenters. The van der Waals surface area contributed by atoms with E-state index in [1.165, 1.54) is 37.0 Å². The molecule has 1 saturated carbocycles. The van der Waals surface area contributed by atoms with Crippen LogP contribution in [0.4, 0.5) is 0 Å². The lowest BCUT2D eigenvalue weighted by Gasteiger charge is -2.33. The molecule has 0 aliphatic heterocycles. The Morgan fingerprint density at radius 1 is 1.15 bits per heavy atom. The number of sulfonamides is 1. The summed E-state index contributed by atoms with van der Waals surface area (Å²) in [6.07, 6.45) is 9.66. The number of nitrogens with one attached hydrogen (secondary N) is 1. The number of rotatable bonds is 10. The highest BCUT2D eigenvalue weighted by atomic mass is 32.2. The maximum atomic E-state index is 12.5. The van der Waals surface area contributed by atoms with Gasteiger partial charge in [0, 0.05) is 18.7 Å². The summed E-state index contributed by atoms with van der Waals surface area (Å²) in [5.74, 6) is -0.293. The third-order valence-electron chi connectivity index (χ3n) is 5.63. The molecule has 33 heavy (non-hydrogen) atoms. The van der Waals surface area contributed by atoms with Crippen LogP contribution in [0.1, 0.15) is 50.4 Å². The average molecular weight is 475 g/mol. The van der Waals surface area contributed by atoms with Gasteiger partial charge in [-0.1, -0.05) is 31.4 Å². The number of benzene rings is 1. The van der Waals surface area contributed by atoms with Crippen LogP contribution in [-0.4, -0.2) is 44.4 Å². The van der Waals surface area contributed by atoms with Crippen LogP contribution in [0, 0.1) is 0 Å². The van der Waals surface area contributed by atoms with Crippen molar-refractivity contribution < 1.29 is 27.2 Å². The molecule has 1 aromatic carbocycles. The Morgan fingerprint density at radius 2 is 1.88 bits per heavy atom. The number of hydrogen-bond donors (Lipinski definition) is 1. The second-order valence-corrected chi connectivity index (χ2v) is 9.65. The predicted molar refractivity (Wildman–Crippen MR) is 123 cm³/mol. The van der Waals surface area contributed by atoms with Crippen LogP contribution in [0.3, 0.4) is 0 Å². The summed E-state index contributed by atoms with van der Waals surface area (Å²) in [5.41, 5.74) is 0.626. The van der Waals surface area contributed by atoms with Gasteiger partial charge in [-0.05, 0) is 55.7 Å². The fourth-order valence-corrected chi connectivity index (χ4v) is 4.87. The lowest BCUT2D eigenvalue weighted by atomic mass is 9.94. The van der Waals surface area contributed by atoms with Gasteiger partial charge < -0.3 is 14.1 Å². The van der Waals surface area contributed by atoms with Gasteiger partial charge in [-0.25, -0.2) is 17.9 Å². The van der Waals surface area contributed by atoms with Crippen molar-refractivity contribution in [1.82, 2.24) is 9.62 Å². The Morgan fingerprint density at radius 3 is 2.52 bits per heavy atom. The third-order valence-corrected chi connectivity index (χ3v) is 7.05. The Balaban J connectivity index is 1.48. The first-order valence-electron chi connectivity index (χ1n) is 11.2. The zero-order valence-corrected chi connectivity index (χ0v) is 19.6.